The van der Waals surface area contributed by atoms with Crippen LogP contribution in [0.2, 0.25) is 0 Å². The Hall–Kier alpha value is -2.21. The Morgan fingerprint density at radius 1 is 1.22 bits per heavy atom. The second-order valence-corrected chi connectivity index (χ2v) is 3.82. The fraction of sp³-hybridized carbons (Fsp3) is 0.250. The molecule has 2 rings (SSSR count). The minimum absolute atomic E-state index is 0.243. The SMILES string of the molecule is COc1cccc(OC)c1C1(N)NC=CN=C1N. The fourth-order valence-electron chi connectivity index (χ4n) is 1.90. The summed E-state index contributed by atoms with van der Waals surface area (Å²) in [5, 5.41) is 2.99. The lowest BCUT2D eigenvalue weighted by molar-refractivity contribution is 0.362. The average Bonchev–Trinajstić information content (AvgIpc) is 2.41. The van der Waals surface area contributed by atoms with Crippen molar-refractivity contribution < 1.29 is 9.47 Å². The van der Waals surface area contributed by atoms with Crippen LogP contribution in [0, 0.1) is 0 Å². The van der Waals surface area contributed by atoms with Gasteiger partial charge in [0.1, 0.15) is 17.3 Å². The Morgan fingerprint density at radius 2 is 1.83 bits per heavy atom. The number of amidine groups is 1. The van der Waals surface area contributed by atoms with Gasteiger partial charge in [-0.3, -0.25) is 5.73 Å². The van der Waals surface area contributed by atoms with Gasteiger partial charge in [-0.05, 0) is 12.1 Å². The summed E-state index contributed by atoms with van der Waals surface area (Å²) in [5.74, 6) is 1.41. The molecule has 1 aromatic carbocycles. The van der Waals surface area contributed by atoms with Crippen molar-refractivity contribution in [2.75, 3.05) is 14.2 Å². The Labute approximate surface area is 105 Å². The molecule has 1 unspecified atom stereocenters. The largest absolute Gasteiger partial charge is 0.496 e. The molecule has 0 saturated carbocycles. The molecule has 1 aromatic rings. The number of hydrogen-bond acceptors (Lipinski definition) is 6. The fourth-order valence-corrected chi connectivity index (χ4v) is 1.90. The van der Waals surface area contributed by atoms with Gasteiger partial charge < -0.3 is 20.5 Å². The number of benzene rings is 1. The predicted molar refractivity (Wildman–Crippen MR) is 69.3 cm³/mol. The van der Waals surface area contributed by atoms with Gasteiger partial charge in [0.2, 0.25) is 0 Å². The van der Waals surface area contributed by atoms with E-state index in [2.05, 4.69) is 10.3 Å². The highest BCUT2D eigenvalue weighted by molar-refractivity contribution is 5.93. The van der Waals surface area contributed by atoms with Crippen molar-refractivity contribution in [1.29, 1.82) is 0 Å². The summed E-state index contributed by atoms with van der Waals surface area (Å²) in [4.78, 5) is 4.03. The molecule has 1 aliphatic rings. The van der Waals surface area contributed by atoms with Crippen LogP contribution in [0.5, 0.6) is 11.5 Å². The standard InChI is InChI=1S/C12H16N4O2/c1-17-8-4-3-5-9(18-2)10(8)12(14)11(13)15-6-7-16-12/h3-7,16H,14H2,1-2H3,(H2,13,15). The van der Waals surface area contributed by atoms with Gasteiger partial charge in [-0.15, -0.1) is 0 Å². The number of hydrogen-bond donors (Lipinski definition) is 3. The van der Waals surface area contributed by atoms with E-state index in [1.165, 1.54) is 0 Å². The van der Waals surface area contributed by atoms with E-state index in [-0.39, 0.29) is 5.84 Å². The third kappa shape index (κ3) is 1.76. The number of methoxy groups -OCH3 is 2. The third-order valence-corrected chi connectivity index (χ3v) is 2.83. The molecule has 6 heteroatoms. The maximum Gasteiger partial charge on any atom is 0.178 e. The molecule has 0 saturated heterocycles. The van der Waals surface area contributed by atoms with Gasteiger partial charge in [0.15, 0.2) is 5.66 Å². The van der Waals surface area contributed by atoms with Crippen molar-refractivity contribution in [2.45, 2.75) is 5.66 Å². The van der Waals surface area contributed by atoms with Crippen molar-refractivity contribution in [1.82, 2.24) is 5.32 Å². The Balaban J connectivity index is 2.62. The van der Waals surface area contributed by atoms with E-state index in [1.807, 2.05) is 6.07 Å². The minimum Gasteiger partial charge on any atom is -0.496 e. The first-order valence-electron chi connectivity index (χ1n) is 5.40. The van der Waals surface area contributed by atoms with Gasteiger partial charge in [0.25, 0.3) is 0 Å². The molecule has 0 aromatic heterocycles. The molecule has 96 valence electrons. The van der Waals surface area contributed by atoms with E-state index in [0.29, 0.717) is 17.1 Å². The van der Waals surface area contributed by atoms with E-state index >= 15 is 0 Å². The predicted octanol–water partition coefficient (Wildman–Crippen LogP) is 0.247. The molecule has 1 atom stereocenters. The smallest absolute Gasteiger partial charge is 0.178 e. The normalized spacial score (nSPS) is 22.1. The summed E-state index contributed by atoms with van der Waals surface area (Å²) in [5.41, 5.74) is 11.7. The molecule has 5 N–H and O–H groups in total. The van der Waals surface area contributed by atoms with Crippen LogP contribution in [0.4, 0.5) is 0 Å². The topological polar surface area (TPSA) is 94.9 Å². The highest BCUT2D eigenvalue weighted by Crippen LogP contribution is 2.35. The zero-order valence-electron chi connectivity index (χ0n) is 10.3. The lowest BCUT2D eigenvalue weighted by Crippen LogP contribution is -2.59. The number of nitrogens with one attached hydrogen (secondary N) is 1. The molecule has 18 heavy (non-hydrogen) atoms. The van der Waals surface area contributed by atoms with E-state index in [9.17, 15) is 0 Å². The summed E-state index contributed by atoms with van der Waals surface area (Å²) in [6.07, 6.45) is 3.17. The molecular formula is C12H16N4O2. The quantitative estimate of drug-likeness (QED) is 0.712. The van der Waals surface area contributed by atoms with Crippen LogP contribution in [-0.2, 0) is 5.66 Å². The molecule has 0 bridgehead atoms. The van der Waals surface area contributed by atoms with Gasteiger partial charge in [-0.1, -0.05) is 6.07 Å². The van der Waals surface area contributed by atoms with Crippen LogP contribution in [0.25, 0.3) is 0 Å². The van der Waals surface area contributed by atoms with Gasteiger partial charge >= 0.3 is 0 Å². The maximum absolute atomic E-state index is 6.30. The highest BCUT2D eigenvalue weighted by atomic mass is 16.5. The lowest BCUT2D eigenvalue weighted by Gasteiger charge is -2.33. The molecule has 1 heterocycles. The van der Waals surface area contributed by atoms with E-state index < -0.39 is 5.66 Å². The summed E-state index contributed by atoms with van der Waals surface area (Å²) in [6, 6.07) is 5.40. The van der Waals surface area contributed by atoms with Crippen molar-refractivity contribution in [3.8, 4) is 11.5 Å². The number of rotatable bonds is 3. The lowest BCUT2D eigenvalue weighted by atomic mass is 9.96. The van der Waals surface area contributed by atoms with Crippen LogP contribution < -0.4 is 26.3 Å². The van der Waals surface area contributed by atoms with Gasteiger partial charge in [0.05, 0.1) is 19.8 Å². The van der Waals surface area contributed by atoms with Crippen molar-refractivity contribution in [3.63, 3.8) is 0 Å². The monoisotopic (exact) mass is 248 g/mol. The van der Waals surface area contributed by atoms with Crippen molar-refractivity contribution in [3.05, 3.63) is 36.2 Å². The first-order chi connectivity index (χ1) is 8.63. The Bertz CT molecular complexity index is 491. The first-order valence-corrected chi connectivity index (χ1v) is 5.40. The van der Waals surface area contributed by atoms with Crippen LogP contribution in [0.1, 0.15) is 5.56 Å². The van der Waals surface area contributed by atoms with Crippen molar-refractivity contribution >= 4 is 5.84 Å². The van der Waals surface area contributed by atoms with Gasteiger partial charge in [-0.25, -0.2) is 4.99 Å². The molecular weight excluding hydrogens is 232 g/mol. The number of nitrogens with zero attached hydrogens (tertiary/aromatic N) is 1. The number of ether oxygens (including phenoxy) is 2. The van der Waals surface area contributed by atoms with E-state index in [4.69, 9.17) is 20.9 Å². The second-order valence-electron chi connectivity index (χ2n) is 3.82. The highest BCUT2D eigenvalue weighted by Gasteiger charge is 2.38. The van der Waals surface area contributed by atoms with E-state index in [1.54, 1.807) is 38.8 Å². The minimum atomic E-state index is -1.15. The molecule has 0 aliphatic carbocycles. The van der Waals surface area contributed by atoms with Crippen molar-refractivity contribution in [2.24, 2.45) is 16.5 Å². The molecule has 1 aliphatic heterocycles. The number of nitrogens with two attached hydrogens (primary N) is 2. The number of aliphatic imine (C=N–C) groups is 1. The zero-order valence-corrected chi connectivity index (χ0v) is 10.3. The van der Waals surface area contributed by atoms with E-state index in [0.717, 1.165) is 0 Å². The molecule has 0 radical (unpaired) electrons. The summed E-state index contributed by atoms with van der Waals surface area (Å²) < 4.78 is 10.6. The Kier molecular flexibility index (Phi) is 3.12. The van der Waals surface area contributed by atoms with Crippen LogP contribution in [0.3, 0.4) is 0 Å². The molecule has 0 amide bonds. The molecule has 0 fully saturated rings. The summed E-state index contributed by atoms with van der Waals surface area (Å²) in [6.45, 7) is 0. The Morgan fingerprint density at radius 3 is 2.33 bits per heavy atom. The summed E-state index contributed by atoms with van der Waals surface area (Å²) >= 11 is 0. The summed E-state index contributed by atoms with van der Waals surface area (Å²) in [7, 11) is 3.13. The van der Waals surface area contributed by atoms with Crippen LogP contribution in [-0.4, -0.2) is 20.1 Å². The second kappa shape index (κ2) is 4.58. The molecule has 6 nitrogen and oxygen atoms in total. The maximum atomic E-state index is 6.30. The van der Waals surface area contributed by atoms with Gasteiger partial charge in [0, 0.05) is 12.4 Å². The molecule has 0 spiro atoms. The third-order valence-electron chi connectivity index (χ3n) is 2.83. The van der Waals surface area contributed by atoms with Gasteiger partial charge in [-0.2, -0.15) is 0 Å². The zero-order chi connectivity index (χ0) is 13.2. The van der Waals surface area contributed by atoms with Crippen LogP contribution in [0.15, 0.2) is 35.6 Å². The average molecular weight is 248 g/mol. The first kappa shape index (κ1) is 12.3. The van der Waals surface area contributed by atoms with Crippen LogP contribution >= 0.6 is 0 Å².